The molecule has 0 N–H and O–H groups in total. The predicted octanol–water partition coefficient (Wildman–Crippen LogP) is 0.574. The van der Waals surface area contributed by atoms with Crippen LogP contribution in [-0.4, -0.2) is 25.3 Å². The van der Waals surface area contributed by atoms with Crippen molar-refractivity contribution in [3.63, 3.8) is 0 Å². The van der Waals surface area contributed by atoms with Crippen LogP contribution in [0.2, 0.25) is 0 Å². The Morgan fingerprint density at radius 3 is 2.78 bits per heavy atom. The third-order valence-corrected chi connectivity index (χ3v) is 1.54. The SMILES string of the molecule is N#CSCC1OCCO1. The minimum Gasteiger partial charge on any atom is -0.349 e. The predicted molar refractivity (Wildman–Crippen MR) is 33.8 cm³/mol. The maximum absolute atomic E-state index is 8.13. The van der Waals surface area contributed by atoms with Crippen molar-refractivity contribution in [2.45, 2.75) is 6.29 Å². The number of thiocyanates is 1. The lowest BCUT2D eigenvalue weighted by Gasteiger charge is -2.02. The third kappa shape index (κ3) is 2.22. The Balaban J connectivity index is 2.06. The van der Waals surface area contributed by atoms with Gasteiger partial charge in [0.05, 0.1) is 19.0 Å². The highest BCUT2D eigenvalue weighted by atomic mass is 32.2. The van der Waals surface area contributed by atoms with Crippen LogP contribution >= 0.6 is 11.8 Å². The van der Waals surface area contributed by atoms with Gasteiger partial charge in [0, 0.05) is 0 Å². The third-order valence-electron chi connectivity index (χ3n) is 0.975. The minimum atomic E-state index is -0.144. The molecule has 1 rings (SSSR count). The smallest absolute Gasteiger partial charge is 0.167 e. The first-order valence-electron chi connectivity index (χ1n) is 2.67. The lowest BCUT2D eigenvalue weighted by Crippen LogP contribution is -2.09. The number of nitrogens with zero attached hydrogens (tertiary/aromatic N) is 1. The van der Waals surface area contributed by atoms with Crippen molar-refractivity contribution in [2.75, 3.05) is 19.0 Å². The Labute approximate surface area is 57.9 Å². The fraction of sp³-hybridized carbons (Fsp3) is 0.800. The molecular formula is C5H7NO2S. The minimum absolute atomic E-state index is 0.144. The van der Waals surface area contributed by atoms with E-state index in [1.807, 2.05) is 5.40 Å². The molecule has 0 aliphatic carbocycles. The summed E-state index contributed by atoms with van der Waals surface area (Å²) in [7, 11) is 0. The summed E-state index contributed by atoms with van der Waals surface area (Å²) in [5.74, 6) is 0.622. The van der Waals surface area contributed by atoms with Crippen LogP contribution in [0.15, 0.2) is 0 Å². The zero-order chi connectivity index (χ0) is 6.53. The van der Waals surface area contributed by atoms with E-state index in [-0.39, 0.29) is 6.29 Å². The highest BCUT2D eigenvalue weighted by Gasteiger charge is 2.14. The number of ether oxygens (including phenoxy) is 2. The van der Waals surface area contributed by atoms with Crippen LogP contribution in [0, 0.1) is 10.7 Å². The van der Waals surface area contributed by atoms with Crippen LogP contribution in [0.25, 0.3) is 0 Å². The van der Waals surface area contributed by atoms with Crippen LogP contribution in [0.3, 0.4) is 0 Å². The molecule has 4 heteroatoms. The van der Waals surface area contributed by atoms with E-state index in [4.69, 9.17) is 14.7 Å². The van der Waals surface area contributed by atoms with Gasteiger partial charge in [0.2, 0.25) is 0 Å². The second-order valence-electron chi connectivity index (χ2n) is 1.57. The van der Waals surface area contributed by atoms with Gasteiger partial charge in [-0.05, 0) is 11.8 Å². The van der Waals surface area contributed by atoms with Crippen molar-refractivity contribution in [2.24, 2.45) is 0 Å². The van der Waals surface area contributed by atoms with Gasteiger partial charge in [0.15, 0.2) is 6.29 Å². The van der Waals surface area contributed by atoms with E-state index in [1.54, 1.807) is 0 Å². The van der Waals surface area contributed by atoms with Crippen molar-refractivity contribution in [1.82, 2.24) is 0 Å². The van der Waals surface area contributed by atoms with Crippen LogP contribution in [0.5, 0.6) is 0 Å². The van der Waals surface area contributed by atoms with E-state index < -0.39 is 0 Å². The average molecular weight is 145 g/mol. The first-order valence-corrected chi connectivity index (χ1v) is 3.66. The largest absolute Gasteiger partial charge is 0.349 e. The van der Waals surface area contributed by atoms with Gasteiger partial charge in [0.25, 0.3) is 0 Å². The molecule has 1 heterocycles. The molecule has 1 fully saturated rings. The molecule has 3 nitrogen and oxygen atoms in total. The lowest BCUT2D eigenvalue weighted by molar-refractivity contribution is -0.0213. The van der Waals surface area contributed by atoms with Crippen molar-refractivity contribution in [3.8, 4) is 5.40 Å². The standard InChI is InChI=1S/C5H7NO2S/c6-4-9-3-5-7-1-2-8-5/h5H,1-3H2. The summed E-state index contributed by atoms with van der Waals surface area (Å²) in [5, 5.41) is 10.1. The van der Waals surface area contributed by atoms with Crippen molar-refractivity contribution >= 4 is 11.8 Å². The zero-order valence-corrected chi connectivity index (χ0v) is 5.69. The highest BCUT2D eigenvalue weighted by molar-refractivity contribution is 8.03. The normalized spacial score (nSPS) is 19.9. The van der Waals surface area contributed by atoms with Gasteiger partial charge >= 0.3 is 0 Å². The van der Waals surface area contributed by atoms with Gasteiger partial charge in [-0.3, -0.25) is 0 Å². The molecule has 0 unspecified atom stereocenters. The molecule has 0 radical (unpaired) electrons. The average Bonchev–Trinajstić information content (AvgIpc) is 2.34. The molecule has 0 atom stereocenters. The number of hydrogen-bond acceptors (Lipinski definition) is 4. The number of nitriles is 1. The molecule has 9 heavy (non-hydrogen) atoms. The van der Waals surface area contributed by atoms with Gasteiger partial charge in [-0.25, -0.2) is 0 Å². The van der Waals surface area contributed by atoms with Crippen LogP contribution in [0.1, 0.15) is 0 Å². The Hall–Kier alpha value is -0.240. The summed E-state index contributed by atoms with van der Waals surface area (Å²) in [6, 6.07) is 0. The number of thioether (sulfide) groups is 1. The van der Waals surface area contributed by atoms with Gasteiger partial charge in [-0.2, -0.15) is 5.26 Å². The molecule has 1 aliphatic rings. The van der Waals surface area contributed by atoms with Crippen molar-refractivity contribution in [3.05, 3.63) is 0 Å². The Bertz CT molecular complexity index is 117. The molecule has 0 aromatic heterocycles. The Morgan fingerprint density at radius 1 is 1.56 bits per heavy atom. The van der Waals surface area contributed by atoms with Gasteiger partial charge < -0.3 is 9.47 Å². The van der Waals surface area contributed by atoms with Crippen molar-refractivity contribution in [1.29, 1.82) is 5.26 Å². The molecule has 0 bridgehead atoms. The highest BCUT2D eigenvalue weighted by Crippen LogP contribution is 2.09. The summed E-state index contributed by atoms with van der Waals surface area (Å²) < 4.78 is 10.1. The summed E-state index contributed by atoms with van der Waals surface area (Å²) in [6.07, 6.45) is -0.144. The monoisotopic (exact) mass is 145 g/mol. The Morgan fingerprint density at radius 2 is 2.22 bits per heavy atom. The van der Waals surface area contributed by atoms with Crippen molar-refractivity contribution < 1.29 is 9.47 Å². The van der Waals surface area contributed by atoms with E-state index >= 15 is 0 Å². The van der Waals surface area contributed by atoms with Crippen LogP contribution < -0.4 is 0 Å². The first kappa shape index (κ1) is 6.87. The van der Waals surface area contributed by atoms with E-state index in [1.165, 1.54) is 0 Å². The van der Waals surface area contributed by atoms with E-state index in [0.29, 0.717) is 19.0 Å². The van der Waals surface area contributed by atoms with E-state index in [0.717, 1.165) is 11.8 Å². The second-order valence-corrected chi connectivity index (χ2v) is 2.38. The molecule has 0 saturated carbocycles. The molecule has 1 saturated heterocycles. The molecule has 0 aromatic rings. The Kier molecular flexibility index (Phi) is 2.84. The van der Waals surface area contributed by atoms with Crippen LogP contribution in [-0.2, 0) is 9.47 Å². The topological polar surface area (TPSA) is 42.2 Å². The molecule has 0 spiro atoms. The molecule has 50 valence electrons. The number of hydrogen-bond donors (Lipinski definition) is 0. The second kappa shape index (κ2) is 3.72. The van der Waals surface area contributed by atoms with Gasteiger partial charge in [-0.1, -0.05) is 0 Å². The van der Waals surface area contributed by atoms with Gasteiger partial charge in [0.1, 0.15) is 5.40 Å². The van der Waals surface area contributed by atoms with E-state index in [9.17, 15) is 0 Å². The molecule has 0 amide bonds. The van der Waals surface area contributed by atoms with E-state index in [2.05, 4.69) is 0 Å². The van der Waals surface area contributed by atoms with Gasteiger partial charge in [-0.15, -0.1) is 0 Å². The first-order chi connectivity index (χ1) is 4.43. The maximum Gasteiger partial charge on any atom is 0.167 e. The van der Waals surface area contributed by atoms with Crippen LogP contribution in [0.4, 0.5) is 0 Å². The summed E-state index contributed by atoms with van der Waals surface area (Å²) in [5.41, 5.74) is 0. The quantitative estimate of drug-likeness (QED) is 0.533. The maximum atomic E-state index is 8.13. The summed E-state index contributed by atoms with van der Waals surface area (Å²) in [6.45, 7) is 1.33. The molecule has 1 aliphatic heterocycles. The molecule has 0 aromatic carbocycles. The zero-order valence-electron chi connectivity index (χ0n) is 4.87. The molecular weight excluding hydrogens is 138 g/mol. The summed E-state index contributed by atoms with van der Waals surface area (Å²) >= 11 is 1.16. The lowest BCUT2D eigenvalue weighted by atomic mass is 10.8. The fourth-order valence-electron chi connectivity index (χ4n) is 0.609. The number of rotatable bonds is 2. The summed E-state index contributed by atoms with van der Waals surface area (Å²) in [4.78, 5) is 0. The fourth-order valence-corrected chi connectivity index (χ4v) is 1.01.